The van der Waals surface area contributed by atoms with Crippen molar-refractivity contribution in [2.75, 3.05) is 5.75 Å². The molecule has 0 fully saturated rings. The Balaban J connectivity index is 2.58. The molecular formula is C9H7Cl2NOS. The Hall–Kier alpha value is -0.380. The van der Waals surface area contributed by atoms with E-state index in [2.05, 4.69) is 4.98 Å². The first-order valence-corrected chi connectivity index (χ1v) is 5.83. The average molecular weight is 248 g/mol. The Morgan fingerprint density at radius 2 is 2.21 bits per heavy atom. The van der Waals surface area contributed by atoms with E-state index in [0.717, 1.165) is 5.75 Å². The fourth-order valence-electron chi connectivity index (χ4n) is 1.12. The highest BCUT2D eigenvalue weighted by Gasteiger charge is 2.09. The van der Waals surface area contributed by atoms with Crippen LogP contribution in [0.5, 0.6) is 0 Å². The summed E-state index contributed by atoms with van der Waals surface area (Å²) in [6.07, 6.45) is 0. The lowest BCUT2D eigenvalue weighted by atomic mass is 10.3. The summed E-state index contributed by atoms with van der Waals surface area (Å²) < 4.78 is 5.46. The average Bonchev–Trinajstić information content (AvgIpc) is 2.48. The van der Waals surface area contributed by atoms with Crippen LogP contribution in [0.4, 0.5) is 0 Å². The van der Waals surface area contributed by atoms with Gasteiger partial charge in [0, 0.05) is 5.02 Å². The van der Waals surface area contributed by atoms with Crippen LogP contribution in [0.25, 0.3) is 11.1 Å². The van der Waals surface area contributed by atoms with E-state index >= 15 is 0 Å². The second kappa shape index (κ2) is 4.01. The molecule has 14 heavy (non-hydrogen) atoms. The lowest BCUT2D eigenvalue weighted by Crippen LogP contribution is -1.71. The van der Waals surface area contributed by atoms with Gasteiger partial charge in [-0.15, -0.1) is 0 Å². The van der Waals surface area contributed by atoms with Gasteiger partial charge in [-0.25, -0.2) is 4.98 Å². The van der Waals surface area contributed by atoms with Crippen LogP contribution in [0.1, 0.15) is 6.92 Å². The number of fused-ring (bicyclic) bond motifs is 1. The molecule has 0 amide bonds. The predicted octanol–water partition coefficient (Wildman–Crippen LogP) is 4.25. The molecule has 0 N–H and O–H groups in total. The molecule has 2 rings (SSSR count). The van der Waals surface area contributed by atoms with Gasteiger partial charge >= 0.3 is 0 Å². The minimum absolute atomic E-state index is 0.503. The quantitative estimate of drug-likeness (QED) is 0.743. The number of nitrogens with zero attached hydrogens (tertiary/aromatic N) is 1. The fraction of sp³-hybridized carbons (Fsp3) is 0.222. The van der Waals surface area contributed by atoms with Crippen LogP contribution in [0.15, 0.2) is 21.8 Å². The second-order valence-corrected chi connectivity index (χ2v) is 4.71. The summed E-state index contributed by atoms with van der Waals surface area (Å²) in [6, 6.07) is 3.39. The summed E-state index contributed by atoms with van der Waals surface area (Å²) in [4.78, 5) is 4.25. The van der Waals surface area contributed by atoms with Gasteiger partial charge in [-0.3, -0.25) is 0 Å². The molecule has 0 aliphatic rings. The molecule has 1 heterocycles. The van der Waals surface area contributed by atoms with Crippen LogP contribution in [0, 0.1) is 0 Å². The van der Waals surface area contributed by atoms with E-state index in [9.17, 15) is 0 Å². The first kappa shape index (κ1) is 10.1. The molecule has 0 aliphatic carbocycles. The topological polar surface area (TPSA) is 26.0 Å². The monoisotopic (exact) mass is 247 g/mol. The normalized spacial score (nSPS) is 11.1. The van der Waals surface area contributed by atoms with Crippen molar-refractivity contribution < 1.29 is 4.42 Å². The maximum absolute atomic E-state index is 5.95. The summed E-state index contributed by atoms with van der Waals surface area (Å²) in [7, 11) is 0. The molecule has 2 aromatic rings. The number of hydrogen-bond acceptors (Lipinski definition) is 3. The summed E-state index contributed by atoms with van der Waals surface area (Å²) >= 11 is 13.3. The predicted molar refractivity (Wildman–Crippen MR) is 60.4 cm³/mol. The molecule has 5 heteroatoms. The molecule has 0 radical (unpaired) electrons. The second-order valence-electron chi connectivity index (χ2n) is 2.65. The molecule has 0 saturated carbocycles. The number of benzene rings is 1. The molecule has 74 valence electrons. The van der Waals surface area contributed by atoms with Crippen molar-refractivity contribution in [2.45, 2.75) is 12.1 Å². The number of halogens is 2. The van der Waals surface area contributed by atoms with Crippen molar-refractivity contribution >= 4 is 46.1 Å². The number of rotatable bonds is 2. The SMILES string of the molecule is CCSc1nc2cc(Cl)cc(Cl)c2o1. The third-order valence-corrected chi connectivity index (χ3v) is 2.87. The number of thioether (sulfide) groups is 1. The smallest absolute Gasteiger partial charge is 0.256 e. The van der Waals surface area contributed by atoms with Gasteiger partial charge in [-0.1, -0.05) is 41.9 Å². The summed E-state index contributed by atoms with van der Waals surface area (Å²) in [5, 5.41) is 1.71. The van der Waals surface area contributed by atoms with Gasteiger partial charge in [0.05, 0.1) is 5.02 Å². The molecule has 0 atom stereocenters. The maximum atomic E-state index is 5.95. The Bertz CT molecular complexity index is 469. The third-order valence-electron chi connectivity index (χ3n) is 1.66. The van der Waals surface area contributed by atoms with Gasteiger partial charge in [-0.05, 0) is 17.9 Å². The molecule has 2 nitrogen and oxygen atoms in total. The van der Waals surface area contributed by atoms with Crippen molar-refractivity contribution in [3.8, 4) is 0 Å². The van der Waals surface area contributed by atoms with Crippen LogP contribution in [0.2, 0.25) is 10.0 Å². The Morgan fingerprint density at radius 3 is 2.93 bits per heavy atom. The van der Waals surface area contributed by atoms with Crippen molar-refractivity contribution in [2.24, 2.45) is 0 Å². The Morgan fingerprint density at radius 1 is 1.43 bits per heavy atom. The summed E-state index contributed by atoms with van der Waals surface area (Å²) in [6.45, 7) is 2.04. The number of hydrogen-bond donors (Lipinski definition) is 0. The van der Waals surface area contributed by atoms with Crippen molar-refractivity contribution in [3.05, 3.63) is 22.2 Å². The first-order chi connectivity index (χ1) is 6.70. The molecule has 1 aromatic heterocycles. The van der Waals surface area contributed by atoms with Crippen molar-refractivity contribution in [1.82, 2.24) is 4.98 Å². The third kappa shape index (κ3) is 1.85. The zero-order valence-corrected chi connectivity index (χ0v) is 9.71. The van der Waals surface area contributed by atoms with E-state index in [0.29, 0.717) is 26.4 Å². The van der Waals surface area contributed by atoms with Crippen LogP contribution < -0.4 is 0 Å². The summed E-state index contributed by atoms with van der Waals surface area (Å²) in [5.74, 6) is 0.915. The number of oxazole rings is 1. The van der Waals surface area contributed by atoms with Crippen LogP contribution in [-0.2, 0) is 0 Å². The fourth-order valence-corrected chi connectivity index (χ4v) is 2.20. The van der Waals surface area contributed by atoms with E-state index < -0.39 is 0 Å². The highest BCUT2D eigenvalue weighted by atomic mass is 35.5. The highest BCUT2D eigenvalue weighted by molar-refractivity contribution is 7.99. The zero-order valence-electron chi connectivity index (χ0n) is 7.38. The van der Waals surface area contributed by atoms with Crippen molar-refractivity contribution in [1.29, 1.82) is 0 Å². The minimum Gasteiger partial charge on any atom is -0.430 e. The largest absolute Gasteiger partial charge is 0.430 e. The Kier molecular flexibility index (Phi) is 2.91. The molecule has 1 aromatic carbocycles. The molecule has 0 aliphatic heterocycles. The molecule has 0 unspecified atom stereocenters. The minimum atomic E-state index is 0.503. The molecule has 0 saturated heterocycles. The van der Waals surface area contributed by atoms with E-state index in [1.54, 1.807) is 12.1 Å². The number of aromatic nitrogens is 1. The van der Waals surface area contributed by atoms with E-state index in [4.69, 9.17) is 27.6 Å². The Labute approximate surface area is 95.6 Å². The van der Waals surface area contributed by atoms with Gasteiger partial charge in [-0.2, -0.15) is 0 Å². The lowest BCUT2D eigenvalue weighted by molar-refractivity contribution is 0.490. The first-order valence-electron chi connectivity index (χ1n) is 4.09. The lowest BCUT2D eigenvalue weighted by Gasteiger charge is -1.91. The molecular weight excluding hydrogens is 241 g/mol. The van der Waals surface area contributed by atoms with Gasteiger partial charge in [0.25, 0.3) is 5.22 Å². The van der Waals surface area contributed by atoms with Crippen LogP contribution >= 0.6 is 35.0 Å². The molecule has 0 spiro atoms. The van der Waals surface area contributed by atoms with Gasteiger partial charge < -0.3 is 4.42 Å². The molecule has 0 bridgehead atoms. The standard InChI is InChI=1S/C9H7Cl2NOS/c1-2-14-9-12-7-4-5(10)3-6(11)8(7)13-9/h3-4H,2H2,1H3. The van der Waals surface area contributed by atoms with E-state index in [1.807, 2.05) is 6.92 Å². The zero-order chi connectivity index (χ0) is 10.1. The highest BCUT2D eigenvalue weighted by Crippen LogP contribution is 2.31. The van der Waals surface area contributed by atoms with Gasteiger partial charge in [0.1, 0.15) is 5.52 Å². The van der Waals surface area contributed by atoms with Crippen molar-refractivity contribution in [3.63, 3.8) is 0 Å². The summed E-state index contributed by atoms with van der Waals surface area (Å²) in [5.41, 5.74) is 1.31. The maximum Gasteiger partial charge on any atom is 0.256 e. The van der Waals surface area contributed by atoms with Gasteiger partial charge in [0.15, 0.2) is 5.58 Å². The van der Waals surface area contributed by atoms with Crippen LogP contribution in [-0.4, -0.2) is 10.7 Å². The van der Waals surface area contributed by atoms with E-state index in [-0.39, 0.29) is 0 Å². The van der Waals surface area contributed by atoms with Crippen LogP contribution in [0.3, 0.4) is 0 Å². The van der Waals surface area contributed by atoms with E-state index in [1.165, 1.54) is 11.8 Å². The van der Waals surface area contributed by atoms with Gasteiger partial charge in [0.2, 0.25) is 0 Å².